The van der Waals surface area contributed by atoms with Crippen molar-refractivity contribution in [3.05, 3.63) is 83.5 Å². The molecular formula is C26H19Br3Cl2N4O6. The highest BCUT2D eigenvalue weighted by Crippen LogP contribution is 2.65. The van der Waals surface area contributed by atoms with Gasteiger partial charge in [0.1, 0.15) is 0 Å². The summed E-state index contributed by atoms with van der Waals surface area (Å²) in [6.45, 7) is -0.00318. The van der Waals surface area contributed by atoms with Gasteiger partial charge in [-0.05, 0) is 61.2 Å². The number of fused-ring (bicyclic) bond motifs is 4. The summed E-state index contributed by atoms with van der Waals surface area (Å²) in [4.78, 5) is 52.0. The van der Waals surface area contributed by atoms with E-state index in [9.17, 15) is 24.3 Å². The van der Waals surface area contributed by atoms with Crippen LogP contribution in [0.4, 0.5) is 0 Å². The number of likely N-dealkylation sites (tertiary alicyclic amines) is 1. The van der Waals surface area contributed by atoms with E-state index in [1.807, 2.05) is 0 Å². The molecule has 0 unspecified atom stereocenters. The number of allylic oxidation sites excluding steroid dienone is 2. The standard InChI is InChI=1S/C26H19Br3Cl2N4O6/c1-41-16-9-14(18(28)19(29)20(16)36)17-13-7-8-33-23(39)34(12-5-3-2-4-6-12)24(40)35(33)15(13)10-25(30)21(37)32(11-27)22(38)26(17,25)31/h2-7,9,15,17,36H,8,10-11H2,1H3/t15-,17-,25-,26+/m1/s1. The second kappa shape index (κ2) is 9.87. The van der Waals surface area contributed by atoms with Crippen LogP contribution in [0.1, 0.15) is 23.9 Å². The first-order valence-corrected chi connectivity index (χ1v) is 15.6. The lowest BCUT2D eigenvalue weighted by Gasteiger charge is -2.49. The number of para-hydroxylation sites is 1. The van der Waals surface area contributed by atoms with Crippen molar-refractivity contribution in [2.24, 2.45) is 0 Å². The van der Waals surface area contributed by atoms with Crippen molar-refractivity contribution in [2.75, 3.05) is 12.6 Å². The maximum Gasteiger partial charge on any atom is 0.352 e. The number of carbonyl (C=O) groups excluding carboxylic acids is 2. The van der Waals surface area contributed by atoms with Gasteiger partial charge in [-0.3, -0.25) is 14.5 Å². The fourth-order valence-corrected chi connectivity index (χ4v) is 8.49. The van der Waals surface area contributed by atoms with E-state index in [4.69, 9.17) is 27.9 Å². The topological polar surface area (TPSA) is 116 Å². The monoisotopic (exact) mass is 790 g/mol. The highest BCUT2D eigenvalue weighted by Gasteiger charge is 2.75. The SMILES string of the molecule is COc1cc([C@H]2C3=CCn4c(=O)n(-c5ccccc5)c(=O)n4[C@@H]3C[C@@]3(Cl)C(=O)N(CBr)C(=O)[C@@]23Cl)c(Br)c(Br)c1O. The molecule has 1 aromatic heterocycles. The van der Waals surface area contributed by atoms with Crippen molar-refractivity contribution in [2.45, 2.75) is 34.7 Å². The van der Waals surface area contributed by atoms with Gasteiger partial charge in [-0.2, -0.15) is 0 Å². The third kappa shape index (κ3) is 3.65. The van der Waals surface area contributed by atoms with Crippen LogP contribution in [0.25, 0.3) is 5.69 Å². The number of hydrogen-bond acceptors (Lipinski definition) is 6. The molecule has 41 heavy (non-hydrogen) atoms. The quantitative estimate of drug-likeness (QED) is 0.182. The van der Waals surface area contributed by atoms with E-state index >= 15 is 0 Å². The molecule has 3 aromatic rings. The Balaban J connectivity index is 1.66. The molecule has 2 amide bonds. The van der Waals surface area contributed by atoms with Gasteiger partial charge in [-0.1, -0.05) is 40.2 Å². The molecule has 1 N–H and O–H groups in total. The minimum atomic E-state index is -2.03. The van der Waals surface area contributed by atoms with Crippen molar-refractivity contribution >= 4 is 82.8 Å². The number of alkyl halides is 3. The number of phenolic OH excluding ortho intramolecular Hbond substituents is 1. The van der Waals surface area contributed by atoms with E-state index in [0.717, 1.165) is 9.47 Å². The second-order valence-corrected chi connectivity index (χ2v) is 13.2. The molecule has 4 atom stereocenters. The first kappa shape index (κ1) is 28.8. The van der Waals surface area contributed by atoms with Crippen molar-refractivity contribution < 1.29 is 19.4 Å². The van der Waals surface area contributed by atoms with Gasteiger partial charge in [0, 0.05) is 16.8 Å². The number of rotatable bonds is 4. The Morgan fingerprint density at radius 2 is 1.73 bits per heavy atom. The summed E-state index contributed by atoms with van der Waals surface area (Å²) in [5.41, 5.74) is -0.0670. The van der Waals surface area contributed by atoms with Gasteiger partial charge < -0.3 is 9.84 Å². The average molecular weight is 794 g/mol. The van der Waals surface area contributed by atoms with Gasteiger partial charge >= 0.3 is 11.4 Å². The van der Waals surface area contributed by atoms with Crippen LogP contribution in [0.5, 0.6) is 11.5 Å². The van der Waals surface area contributed by atoms with Gasteiger partial charge in [0.25, 0.3) is 11.8 Å². The summed E-state index contributed by atoms with van der Waals surface area (Å²) in [5.74, 6) is -2.65. The summed E-state index contributed by atoms with van der Waals surface area (Å²) >= 11 is 24.5. The number of nitrogens with zero attached hydrogens (tertiary/aromatic N) is 4. The molecule has 3 aliphatic rings. The number of benzene rings is 2. The number of phenols is 1. The van der Waals surface area contributed by atoms with Crippen LogP contribution in [0.15, 0.2) is 66.6 Å². The Morgan fingerprint density at radius 3 is 2.37 bits per heavy atom. The first-order valence-electron chi connectivity index (χ1n) is 12.2. The maximum atomic E-state index is 13.9. The Hall–Kier alpha value is -2.32. The van der Waals surface area contributed by atoms with Crippen LogP contribution in [-0.2, 0) is 16.1 Å². The zero-order valence-electron chi connectivity index (χ0n) is 21.0. The fraction of sp³-hybridized carbons (Fsp3) is 0.308. The molecule has 2 aliphatic heterocycles. The molecule has 1 saturated heterocycles. The zero-order chi connectivity index (χ0) is 29.6. The molecule has 10 nitrogen and oxygen atoms in total. The summed E-state index contributed by atoms with van der Waals surface area (Å²) in [6.07, 6.45) is 1.50. The minimum Gasteiger partial charge on any atom is -0.503 e. The summed E-state index contributed by atoms with van der Waals surface area (Å²) in [7, 11) is 1.37. The number of ether oxygens (including phenoxy) is 1. The lowest BCUT2D eigenvalue weighted by Crippen LogP contribution is -2.59. The Morgan fingerprint density at radius 1 is 1.05 bits per heavy atom. The molecule has 0 spiro atoms. The number of carbonyl (C=O) groups is 2. The highest BCUT2D eigenvalue weighted by atomic mass is 79.9. The molecule has 15 heteroatoms. The van der Waals surface area contributed by atoms with Crippen LogP contribution in [0, 0.1) is 0 Å². The molecule has 1 aliphatic carbocycles. The molecule has 0 radical (unpaired) electrons. The number of aromatic hydroxyl groups is 1. The van der Waals surface area contributed by atoms with Gasteiger partial charge in [0.2, 0.25) is 0 Å². The molecule has 6 rings (SSSR count). The minimum absolute atomic E-state index is 0.00318. The second-order valence-electron chi connectivity index (χ2n) is 9.84. The molecule has 214 valence electrons. The normalized spacial score (nSPS) is 26.9. The van der Waals surface area contributed by atoms with Gasteiger partial charge in [0.05, 0.1) is 35.3 Å². The van der Waals surface area contributed by atoms with E-state index in [0.29, 0.717) is 21.3 Å². The van der Waals surface area contributed by atoms with E-state index in [-0.39, 0.29) is 34.4 Å². The van der Waals surface area contributed by atoms with Crippen molar-refractivity contribution in [3.8, 4) is 17.2 Å². The molecule has 1 saturated carbocycles. The summed E-state index contributed by atoms with van der Waals surface area (Å²) in [5, 5.41) is 10.6. The van der Waals surface area contributed by atoms with E-state index < -0.39 is 44.9 Å². The Kier molecular flexibility index (Phi) is 6.93. The predicted molar refractivity (Wildman–Crippen MR) is 162 cm³/mol. The number of hydrogen-bond donors (Lipinski definition) is 1. The van der Waals surface area contributed by atoms with E-state index in [2.05, 4.69) is 47.8 Å². The number of amides is 2. The lowest BCUT2D eigenvalue weighted by molar-refractivity contribution is -0.138. The molecular weight excluding hydrogens is 775 g/mol. The third-order valence-electron chi connectivity index (χ3n) is 8.00. The largest absolute Gasteiger partial charge is 0.503 e. The highest BCUT2D eigenvalue weighted by molar-refractivity contribution is 9.13. The Bertz CT molecular complexity index is 1800. The maximum absolute atomic E-state index is 13.9. The summed E-state index contributed by atoms with van der Waals surface area (Å²) in [6, 6.07) is 9.07. The zero-order valence-corrected chi connectivity index (χ0v) is 27.3. The van der Waals surface area contributed by atoms with E-state index in [1.165, 1.54) is 22.5 Å². The lowest BCUT2D eigenvalue weighted by atomic mass is 9.64. The molecule has 0 bridgehead atoms. The third-order valence-corrected chi connectivity index (χ3v) is 12.1. The van der Waals surface area contributed by atoms with Crippen LogP contribution in [0.3, 0.4) is 0 Å². The number of halogens is 5. The van der Waals surface area contributed by atoms with Crippen LogP contribution in [0.2, 0.25) is 0 Å². The molecule has 3 heterocycles. The van der Waals surface area contributed by atoms with Gasteiger partial charge in [0.15, 0.2) is 21.2 Å². The van der Waals surface area contributed by atoms with Crippen LogP contribution >= 0.6 is 71.0 Å². The number of methoxy groups -OCH3 is 1. The Labute approximate surface area is 267 Å². The smallest absolute Gasteiger partial charge is 0.352 e. The average Bonchev–Trinajstić information content (AvgIpc) is 3.30. The van der Waals surface area contributed by atoms with Crippen LogP contribution < -0.4 is 16.1 Å². The fourth-order valence-electron chi connectivity index (χ4n) is 6.14. The van der Waals surface area contributed by atoms with Crippen LogP contribution in [-0.4, -0.2) is 58.1 Å². The number of aromatic nitrogens is 3. The predicted octanol–water partition coefficient (Wildman–Crippen LogP) is 4.38. The van der Waals surface area contributed by atoms with Crippen molar-refractivity contribution in [1.82, 2.24) is 18.8 Å². The molecule has 2 fully saturated rings. The van der Waals surface area contributed by atoms with Crippen molar-refractivity contribution in [1.29, 1.82) is 0 Å². The van der Waals surface area contributed by atoms with Gasteiger partial charge in [-0.15, -0.1) is 23.2 Å². The molecule has 2 aromatic carbocycles. The summed E-state index contributed by atoms with van der Waals surface area (Å²) < 4.78 is 9.58. The van der Waals surface area contributed by atoms with Gasteiger partial charge in [-0.25, -0.2) is 23.5 Å². The van der Waals surface area contributed by atoms with Crippen molar-refractivity contribution in [3.63, 3.8) is 0 Å². The van der Waals surface area contributed by atoms with E-state index in [1.54, 1.807) is 36.4 Å². The number of imide groups is 1. The first-order chi connectivity index (χ1) is 19.4.